The van der Waals surface area contributed by atoms with Crippen molar-refractivity contribution < 1.29 is 27.1 Å². The van der Waals surface area contributed by atoms with E-state index in [0.717, 1.165) is 23.1 Å². The molecule has 1 N–H and O–H groups in total. The van der Waals surface area contributed by atoms with Crippen LogP contribution >= 0.6 is 11.5 Å². The molecule has 0 aliphatic carbocycles. The molecule has 0 radical (unpaired) electrons. The smallest absolute Gasteiger partial charge is 0.326 e. The van der Waals surface area contributed by atoms with Gasteiger partial charge in [-0.05, 0) is 37.5 Å². The van der Waals surface area contributed by atoms with Gasteiger partial charge in [-0.3, -0.25) is 19.2 Å². The summed E-state index contributed by atoms with van der Waals surface area (Å²) in [5, 5.41) is 0. The van der Waals surface area contributed by atoms with Crippen molar-refractivity contribution in [1.82, 2.24) is 13.2 Å². The van der Waals surface area contributed by atoms with E-state index in [-0.39, 0.29) is 30.2 Å². The Kier molecular flexibility index (Phi) is 7.59. The van der Waals surface area contributed by atoms with Gasteiger partial charge in [-0.15, -0.1) is 6.42 Å². The van der Waals surface area contributed by atoms with Gasteiger partial charge in [-0.25, -0.2) is 13.7 Å². The largest absolute Gasteiger partial charge is 0.481 e. The van der Waals surface area contributed by atoms with Gasteiger partial charge in [0.05, 0.1) is 23.5 Å². The van der Waals surface area contributed by atoms with E-state index in [2.05, 4.69) is 33.9 Å². The number of carbonyl (C=O) groups excluding carboxylic acids is 2. The number of hydrogen-bond acceptors (Lipinski definition) is 8. The van der Waals surface area contributed by atoms with Gasteiger partial charge < -0.3 is 9.30 Å². The molecule has 3 aliphatic rings. The first kappa shape index (κ1) is 29.3. The monoisotopic (exact) mass is 612 g/mol. The summed E-state index contributed by atoms with van der Waals surface area (Å²) in [7, 11) is -3.75. The molecule has 220 valence electrons. The van der Waals surface area contributed by atoms with Crippen LogP contribution in [0, 0.1) is 23.6 Å². The molecule has 0 fully saturated rings. The third kappa shape index (κ3) is 5.49. The molecule has 3 aromatic rings. The topological polar surface area (TPSA) is 126 Å². The number of aromatic nitrogens is 2. The number of benzene rings is 2. The highest BCUT2D eigenvalue weighted by atomic mass is 32.2. The SMILES string of the molecule is C#CCN1C(=O)COc2cc(F)c(N=c3snc4n3CC(C)(C)C4)cc21.CC(C)N1C(=O)c2ccccc2NS1(=O)=O. The van der Waals surface area contributed by atoms with Crippen LogP contribution in [0.15, 0.2) is 41.4 Å². The predicted molar refractivity (Wildman–Crippen MR) is 156 cm³/mol. The minimum atomic E-state index is -3.75. The van der Waals surface area contributed by atoms with Crippen LogP contribution in [-0.2, 0) is 28.0 Å². The molecule has 0 spiro atoms. The van der Waals surface area contributed by atoms with Crippen LogP contribution in [0.25, 0.3) is 0 Å². The van der Waals surface area contributed by atoms with Crippen molar-refractivity contribution in [3.63, 3.8) is 0 Å². The van der Waals surface area contributed by atoms with Crippen molar-refractivity contribution in [2.75, 3.05) is 22.8 Å². The number of anilines is 2. The predicted octanol–water partition coefficient (Wildman–Crippen LogP) is 3.46. The van der Waals surface area contributed by atoms with Gasteiger partial charge in [0.15, 0.2) is 12.4 Å². The first-order valence-corrected chi connectivity index (χ1v) is 15.3. The van der Waals surface area contributed by atoms with Crippen molar-refractivity contribution in [1.29, 1.82) is 0 Å². The number of nitrogens with one attached hydrogen (secondary N) is 1. The van der Waals surface area contributed by atoms with E-state index in [1.54, 1.807) is 38.1 Å². The number of carbonyl (C=O) groups is 2. The minimum Gasteiger partial charge on any atom is -0.481 e. The lowest BCUT2D eigenvalue weighted by Crippen LogP contribution is -2.48. The Balaban J connectivity index is 0.000000189. The van der Waals surface area contributed by atoms with E-state index in [0.29, 0.717) is 27.5 Å². The normalized spacial score (nSPS) is 18.3. The molecule has 3 aliphatic heterocycles. The number of rotatable bonds is 3. The molecule has 6 rings (SSSR count). The average molecular weight is 613 g/mol. The van der Waals surface area contributed by atoms with Crippen LogP contribution in [0.3, 0.4) is 0 Å². The van der Waals surface area contributed by atoms with E-state index >= 15 is 0 Å². The van der Waals surface area contributed by atoms with E-state index in [1.165, 1.54) is 28.6 Å². The Morgan fingerprint density at radius 1 is 1.26 bits per heavy atom. The van der Waals surface area contributed by atoms with Crippen molar-refractivity contribution in [3.05, 3.63) is 58.4 Å². The Hall–Kier alpha value is -4.22. The molecule has 11 nitrogen and oxygen atoms in total. The fraction of sp³-hybridized carbons (Fsp3) is 0.357. The number of amides is 2. The van der Waals surface area contributed by atoms with Crippen LogP contribution < -0.4 is 19.2 Å². The number of hydrogen-bond donors (Lipinski definition) is 1. The summed E-state index contributed by atoms with van der Waals surface area (Å²) in [5.74, 6) is 2.44. The first-order valence-electron chi connectivity index (χ1n) is 13.1. The number of nitrogens with zero attached hydrogens (tertiary/aromatic N) is 5. The molecule has 0 bridgehead atoms. The Labute approximate surface area is 247 Å². The fourth-order valence-electron chi connectivity index (χ4n) is 4.93. The molecule has 2 amide bonds. The van der Waals surface area contributed by atoms with Crippen LogP contribution in [0.1, 0.15) is 43.9 Å². The summed E-state index contributed by atoms with van der Waals surface area (Å²) in [4.78, 5) is 30.5. The van der Waals surface area contributed by atoms with E-state index in [1.807, 2.05) is 4.57 Å². The van der Waals surface area contributed by atoms with E-state index < -0.39 is 28.0 Å². The van der Waals surface area contributed by atoms with Gasteiger partial charge in [0.2, 0.25) is 4.80 Å². The fourth-order valence-corrected chi connectivity index (χ4v) is 7.12. The third-order valence-electron chi connectivity index (χ3n) is 6.76. The second-order valence-corrected chi connectivity index (χ2v) is 13.3. The number of halogens is 1. The lowest BCUT2D eigenvalue weighted by molar-refractivity contribution is -0.121. The zero-order chi connectivity index (χ0) is 30.4. The van der Waals surface area contributed by atoms with Crippen molar-refractivity contribution >= 4 is 50.6 Å². The quantitative estimate of drug-likeness (QED) is 0.452. The highest BCUT2D eigenvalue weighted by molar-refractivity contribution is 7.91. The summed E-state index contributed by atoms with van der Waals surface area (Å²) in [6.07, 6.45) is 6.22. The summed E-state index contributed by atoms with van der Waals surface area (Å²) >= 11 is 1.24. The molecular formula is C28H29FN6O5S2. The number of ether oxygens (including phenoxy) is 1. The maximum Gasteiger partial charge on any atom is 0.326 e. The van der Waals surface area contributed by atoms with Crippen molar-refractivity contribution in [2.45, 2.75) is 46.7 Å². The molecule has 0 unspecified atom stereocenters. The lowest BCUT2D eigenvalue weighted by atomic mass is 9.92. The molecule has 42 heavy (non-hydrogen) atoms. The molecule has 0 saturated heterocycles. The Morgan fingerprint density at radius 2 is 2.00 bits per heavy atom. The van der Waals surface area contributed by atoms with Crippen molar-refractivity contribution in [2.24, 2.45) is 10.4 Å². The molecule has 14 heteroatoms. The van der Waals surface area contributed by atoms with Gasteiger partial charge in [-0.2, -0.15) is 12.8 Å². The van der Waals surface area contributed by atoms with Crippen LogP contribution in [-0.4, -0.2) is 52.7 Å². The average Bonchev–Trinajstić information content (AvgIpc) is 3.41. The Morgan fingerprint density at radius 3 is 2.71 bits per heavy atom. The minimum absolute atomic E-state index is 0.0964. The number of para-hydroxylation sites is 1. The van der Waals surface area contributed by atoms with Gasteiger partial charge in [0.25, 0.3) is 11.8 Å². The maximum absolute atomic E-state index is 14.5. The van der Waals surface area contributed by atoms with Crippen molar-refractivity contribution in [3.8, 4) is 18.1 Å². The lowest BCUT2D eigenvalue weighted by Gasteiger charge is -2.31. The highest BCUT2D eigenvalue weighted by Crippen LogP contribution is 2.37. The zero-order valence-corrected chi connectivity index (χ0v) is 25.1. The third-order valence-corrected chi connectivity index (χ3v) is 9.12. The van der Waals surface area contributed by atoms with Gasteiger partial charge >= 0.3 is 10.2 Å². The molecule has 4 heterocycles. The summed E-state index contributed by atoms with van der Waals surface area (Å²) in [5.41, 5.74) is 1.40. The molecule has 0 saturated carbocycles. The Bertz CT molecular complexity index is 1810. The molecule has 2 aromatic carbocycles. The van der Waals surface area contributed by atoms with Crippen LogP contribution in [0.5, 0.6) is 5.75 Å². The summed E-state index contributed by atoms with van der Waals surface area (Å²) in [6, 6.07) is 8.91. The van der Waals surface area contributed by atoms with Gasteiger partial charge in [-0.1, -0.05) is 31.9 Å². The summed E-state index contributed by atoms with van der Waals surface area (Å²) in [6.45, 7) is 8.37. The summed E-state index contributed by atoms with van der Waals surface area (Å²) < 4.78 is 53.1. The molecule has 1 aromatic heterocycles. The molecular weight excluding hydrogens is 583 g/mol. The highest BCUT2D eigenvalue weighted by Gasteiger charge is 2.37. The molecule has 0 atom stereocenters. The number of fused-ring (bicyclic) bond motifs is 3. The second kappa shape index (κ2) is 10.9. The number of terminal acetylenes is 1. The first-order chi connectivity index (χ1) is 19.8. The second-order valence-electron chi connectivity index (χ2n) is 11.0. The maximum atomic E-state index is 14.5. The zero-order valence-electron chi connectivity index (χ0n) is 23.4. The van der Waals surface area contributed by atoms with Gasteiger partial charge in [0, 0.05) is 36.6 Å². The van der Waals surface area contributed by atoms with Crippen LogP contribution in [0.4, 0.5) is 21.5 Å². The van der Waals surface area contributed by atoms with E-state index in [9.17, 15) is 22.4 Å². The van der Waals surface area contributed by atoms with Crippen LogP contribution in [0.2, 0.25) is 0 Å². The van der Waals surface area contributed by atoms with Gasteiger partial charge in [0.1, 0.15) is 17.3 Å². The van der Waals surface area contributed by atoms with E-state index in [4.69, 9.17) is 11.2 Å². The standard InChI is InChI=1S/C18H17FN4O2S.C10H12N2O3S/c1-4-5-22-13-7-12(11(19)6-14(13)25-9-16(22)24)20-17-23-10-18(2,3)8-15(23)21-26-17;1-7(2)12-10(13)8-5-3-4-6-9(8)11-16(12,14)15/h1,6-7H,5,8-10H2,2-3H3;3-7,11H,1-2H3.